The van der Waals surface area contributed by atoms with Crippen LogP contribution in [0.15, 0.2) is 42.6 Å². The smallest absolute Gasteiger partial charge is 0.253 e. The Labute approximate surface area is 244 Å². The van der Waals surface area contributed by atoms with Crippen molar-refractivity contribution in [1.82, 2.24) is 19.4 Å². The van der Waals surface area contributed by atoms with Crippen LogP contribution in [0.1, 0.15) is 75.7 Å². The molecule has 1 aliphatic heterocycles. The Balaban J connectivity index is 1.75. The van der Waals surface area contributed by atoms with E-state index in [9.17, 15) is 4.79 Å². The van der Waals surface area contributed by atoms with Gasteiger partial charge in [-0.05, 0) is 80.9 Å². The van der Waals surface area contributed by atoms with E-state index in [1.165, 1.54) is 19.3 Å². The van der Waals surface area contributed by atoms with Crippen LogP contribution < -0.4 is 4.74 Å². The molecule has 3 aromatic rings. The van der Waals surface area contributed by atoms with Crippen molar-refractivity contribution in [3.8, 4) is 17.0 Å². The molecule has 0 unspecified atom stereocenters. The summed E-state index contributed by atoms with van der Waals surface area (Å²) in [6.07, 6.45) is 12.1. The predicted molar refractivity (Wildman–Crippen MR) is 166 cm³/mol. The third-order valence-corrected chi connectivity index (χ3v) is 7.91. The van der Waals surface area contributed by atoms with E-state index in [4.69, 9.17) is 21.4 Å². The highest BCUT2D eigenvalue weighted by molar-refractivity contribution is 6.31. The molecule has 0 saturated carbocycles. The number of hydrogen-bond acceptors (Lipinski definition) is 4. The van der Waals surface area contributed by atoms with E-state index < -0.39 is 0 Å². The van der Waals surface area contributed by atoms with E-state index in [0.29, 0.717) is 28.2 Å². The van der Waals surface area contributed by atoms with Crippen molar-refractivity contribution < 1.29 is 9.53 Å². The van der Waals surface area contributed by atoms with Crippen molar-refractivity contribution in [2.75, 3.05) is 39.8 Å². The summed E-state index contributed by atoms with van der Waals surface area (Å²) in [4.78, 5) is 18.3. The minimum absolute atomic E-state index is 0.0788. The maximum Gasteiger partial charge on any atom is 0.253 e. The van der Waals surface area contributed by atoms with Crippen molar-refractivity contribution in [3.05, 3.63) is 58.8 Å². The van der Waals surface area contributed by atoms with Crippen molar-refractivity contribution in [1.29, 1.82) is 0 Å². The number of piperidine rings is 1. The molecule has 6 nitrogen and oxygen atoms in total. The topological polar surface area (TPSA) is 50.1 Å². The van der Waals surface area contributed by atoms with Gasteiger partial charge in [-0.1, -0.05) is 57.9 Å². The van der Waals surface area contributed by atoms with Crippen LogP contribution in [0.3, 0.4) is 0 Å². The summed E-state index contributed by atoms with van der Waals surface area (Å²) in [7, 11) is 1.66. The van der Waals surface area contributed by atoms with Crippen LogP contribution in [-0.2, 0) is 0 Å². The average Bonchev–Trinajstić information content (AvgIpc) is 3.30. The van der Waals surface area contributed by atoms with Crippen molar-refractivity contribution in [3.63, 3.8) is 0 Å². The van der Waals surface area contributed by atoms with Gasteiger partial charge in [-0.3, -0.25) is 9.69 Å². The Morgan fingerprint density at radius 1 is 1.05 bits per heavy atom. The highest BCUT2D eigenvalue weighted by atomic mass is 35.5. The predicted octanol–water partition coefficient (Wildman–Crippen LogP) is 7.70. The molecule has 0 aliphatic carbocycles. The zero-order valence-electron chi connectivity index (χ0n) is 24.8. The third-order valence-electron chi connectivity index (χ3n) is 7.67. The molecule has 0 N–H and O–H groups in total. The normalized spacial score (nSPS) is 14.6. The average molecular weight is 565 g/mol. The Morgan fingerprint density at radius 3 is 2.40 bits per heavy atom. The lowest BCUT2D eigenvalue weighted by atomic mass is 10.0. The van der Waals surface area contributed by atoms with Crippen LogP contribution in [0.2, 0.25) is 5.02 Å². The SMILES string of the molecule is COc1ccc(Cl)cc1-c1nn2ccc(C(=O)N(CCC(C)C)CCC(C)C)cc2c1/C=C/CN1CCCCC1. The molecule has 1 aromatic carbocycles. The van der Waals surface area contributed by atoms with Crippen LogP contribution in [0.4, 0.5) is 0 Å². The van der Waals surface area contributed by atoms with Gasteiger partial charge < -0.3 is 9.64 Å². The fourth-order valence-corrected chi connectivity index (χ4v) is 5.38. The van der Waals surface area contributed by atoms with Gasteiger partial charge in [0.25, 0.3) is 5.91 Å². The van der Waals surface area contributed by atoms with E-state index in [-0.39, 0.29) is 5.91 Å². The monoisotopic (exact) mass is 564 g/mol. The number of carbonyl (C=O) groups is 1. The van der Waals surface area contributed by atoms with Gasteiger partial charge in [0, 0.05) is 47.5 Å². The quantitative estimate of drug-likeness (QED) is 0.226. The van der Waals surface area contributed by atoms with Crippen LogP contribution in [0.5, 0.6) is 5.75 Å². The van der Waals surface area contributed by atoms with Gasteiger partial charge in [0.15, 0.2) is 0 Å². The summed E-state index contributed by atoms with van der Waals surface area (Å²) >= 11 is 6.42. The summed E-state index contributed by atoms with van der Waals surface area (Å²) in [5.41, 5.74) is 4.17. The van der Waals surface area contributed by atoms with E-state index >= 15 is 0 Å². The van der Waals surface area contributed by atoms with Crippen LogP contribution in [-0.4, -0.2) is 65.2 Å². The highest BCUT2D eigenvalue weighted by Gasteiger charge is 2.21. The molecule has 2 aromatic heterocycles. The maximum atomic E-state index is 13.8. The second-order valence-corrected chi connectivity index (χ2v) is 12.2. The number of amides is 1. The van der Waals surface area contributed by atoms with E-state index in [1.54, 1.807) is 7.11 Å². The number of pyridine rings is 1. The van der Waals surface area contributed by atoms with Gasteiger partial charge in [0.2, 0.25) is 0 Å². The highest BCUT2D eigenvalue weighted by Crippen LogP contribution is 2.36. The largest absolute Gasteiger partial charge is 0.496 e. The van der Waals surface area contributed by atoms with Crippen LogP contribution >= 0.6 is 11.6 Å². The molecule has 7 heteroatoms. The van der Waals surface area contributed by atoms with Gasteiger partial charge in [-0.15, -0.1) is 0 Å². The fraction of sp³-hybridized carbons (Fsp3) is 0.515. The molecule has 40 heavy (non-hydrogen) atoms. The zero-order valence-corrected chi connectivity index (χ0v) is 25.6. The second kappa shape index (κ2) is 14.2. The molecule has 0 radical (unpaired) electrons. The van der Waals surface area contributed by atoms with Crippen molar-refractivity contribution >= 4 is 29.1 Å². The first-order valence-corrected chi connectivity index (χ1v) is 15.2. The molecular weight excluding hydrogens is 520 g/mol. The molecule has 4 rings (SSSR count). The number of fused-ring (bicyclic) bond motifs is 1. The Morgan fingerprint density at radius 2 is 1.75 bits per heavy atom. The summed E-state index contributed by atoms with van der Waals surface area (Å²) in [6.45, 7) is 13.5. The van der Waals surface area contributed by atoms with Gasteiger partial charge in [0.1, 0.15) is 11.4 Å². The van der Waals surface area contributed by atoms with E-state index in [1.807, 2.05) is 45.9 Å². The number of carbonyl (C=O) groups excluding carboxylic acids is 1. The van der Waals surface area contributed by atoms with Gasteiger partial charge in [-0.2, -0.15) is 5.10 Å². The summed E-state index contributed by atoms with van der Waals surface area (Å²) < 4.78 is 7.55. The number of ether oxygens (including phenoxy) is 1. The second-order valence-electron chi connectivity index (χ2n) is 11.8. The molecule has 0 spiro atoms. The lowest BCUT2D eigenvalue weighted by Crippen LogP contribution is -2.34. The minimum atomic E-state index is 0.0788. The molecule has 216 valence electrons. The number of aromatic nitrogens is 2. The van der Waals surface area contributed by atoms with Crippen molar-refractivity contribution in [2.24, 2.45) is 11.8 Å². The van der Waals surface area contributed by atoms with Gasteiger partial charge in [-0.25, -0.2) is 4.52 Å². The molecular formula is C33H45ClN4O2. The first-order valence-electron chi connectivity index (χ1n) is 14.8. The first kappa shape index (κ1) is 30.1. The molecule has 1 fully saturated rings. The summed E-state index contributed by atoms with van der Waals surface area (Å²) in [5.74, 6) is 1.87. The minimum Gasteiger partial charge on any atom is -0.496 e. The van der Waals surface area contributed by atoms with Crippen molar-refractivity contribution in [2.45, 2.75) is 59.8 Å². The molecule has 0 atom stereocenters. The zero-order chi connectivity index (χ0) is 28.6. The standard InChI is InChI=1S/C33H45ClN4O2/c1-24(2)13-19-37(20-14-25(3)4)33(39)26-15-21-38-30(22-26)28(10-9-18-36-16-7-6-8-17-36)32(35-38)29-23-27(34)11-12-31(29)40-5/h9-12,15,21-25H,6-8,13-14,16-20H2,1-5H3/b10-9+. The summed E-state index contributed by atoms with van der Waals surface area (Å²) in [6, 6.07) is 9.48. The van der Waals surface area contributed by atoms with E-state index in [2.05, 4.69) is 44.7 Å². The van der Waals surface area contributed by atoms with Gasteiger partial charge >= 0.3 is 0 Å². The van der Waals surface area contributed by atoms with Gasteiger partial charge in [0.05, 0.1) is 12.6 Å². The van der Waals surface area contributed by atoms with E-state index in [0.717, 1.165) is 67.9 Å². The fourth-order valence-electron chi connectivity index (χ4n) is 5.21. The maximum absolute atomic E-state index is 13.8. The Kier molecular flexibility index (Phi) is 10.7. The number of hydrogen-bond donors (Lipinski definition) is 0. The molecule has 0 bridgehead atoms. The van der Waals surface area contributed by atoms with Crippen LogP contribution in [0.25, 0.3) is 22.9 Å². The molecule has 1 amide bonds. The number of methoxy groups -OCH3 is 1. The number of halogens is 1. The molecule has 3 heterocycles. The number of nitrogens with zero attached hydrogens (tertiary/aromatic N) is 4. The number of benzene rings is 1. The molecule has 1 saturated heterocycles. The molecule has 1 aliphatic rings. The Bertz CT molecular complexity index is 1300. The number of likely N-dealkylation sites (tertiary alicyclic amines) is 1. The lowest BCUT2D eigenvalue weighted by Gasteiger charge is -2.25. The number of rotatable bonds is 12. The Hall–Kier alpha value is -2.83. The van der Waals surface area contributed by atoms with Crippen LogP contribution in [0, 0.1) is 11.8 Å². The third kappa shape index (κ3) is 7.67. The summed E-state index contributed by atoms with van der Waals surface area (Å²) in [5, 5.41) is 5.57. The lowest BCUT2D eigenvalue weighted by molar-refractivity contribution is 0.0741. The first-order chi connectivity index (χ1) is 19.3.